The van der Waals surface area contributed by atoms with Gasteiger partial charge in [-0.2, -0.15) is 0 Å². The predicted molar refractivity (Wildman–Crippen MR) is 99.6 cm³/mol. The molecule has 25 heavy (non-hydrogen) atoms. The molecule has 1 aromatic carbocycles. The third-order valence-corrected chi connectivity index (χ3v) is 6.03. The standard InChI is InChI=1S/C21H27N3O/c1-2-6-17-13-22-20(23-14-17)24-18-9-10-19(24)21(12-18,15-25)11-16-7-4-3-5-8-16/h3-5,7-8,13-14,18-19,25H,2,6,9-12,15H2,1H3/t18-,19+,21-/m1/s1. The molecule has 3 atom stereocenters. The number of anilines is 1. The van der Waals surface area contributed by atoms with E-state index in [1.807, 2.05) is 18.5 Å². The summed E-state index contributed by atoms with van der Waals surface area (Å²) >= 11 is 0. The van der Waals surface area contributed by atoms with Crippen molar-refractivity contribution in [1.29, 1.82) is 0 Å². The third kappa shape index (κ3) is 2.93. The van der Waals surface area contributed by atoms with Gasteiger partial charge in [0.05, 0.1) is 6.61 Å². The second kappa shape index (κ2) is 6.75. The van der Waals surface area contributed by atoms with Crippen LogP contribution >= 0.6 is 0 Å². The Morgan fingerprint density at radius 3 is 2.56 bits per heavy atom. The lowest BCUT2D eigenvalue weighted by Gasteiger charge is -2.36. The quantitative estimate of drug-likeness (QED) is 0.878. The highest BCUT2D eigenvalue weighted by molar-refractivity contribution is 5.42. The maximum Gasteiger partial charge on any atom is 0.225 e. The maximum absolute atomic E-state index is 10.3. The van der Waals surface area contributed by atoms with Crippen molar-refractivity contribution in [2.75, 3.05) is 11.5 Å². The van der Waals surface area contributed by atoms with Crippen LogP contribution in [0.5, 0.6) is 0 Å². The van der Waals surface area contributed by atoms with Gasteiger partial charge in [-0.1, -0.05) is 43.7 Å². The third-order valence-electron chi connectivity index (χ3n) is 6.03. The number of rotatable bonds is 6. The van der Waals surface area contributed by atoms with Gasteiger partial charge in [0.25, 0.3) is 0 Å². The lowest BCUT2D eigenvalue weighted by molar-refractivity contribution is 0.0984. The summed E-state index contributed by atoms with van der Waals surface area (Å²) in [5.74, 6) is 0.843. The van der Waals surface area contributed by atoms with Crippen molar-refractivity contribution in [3.63, 3.8) is 0 Å². The number of aliphatic hydroxyl groups is 1. The molecular weight excluding hydrogens is 310 g/mol. The van der Waals surface area contributed by atoms with E-state index in [9.17, 15) is 5.11 Å². The van der Waals surface area contributed by atoms with Crippen LogP contribution in [0.4, 0.5) is 5.95 Å². The van der Waals surface area contributed by atoms with Gasteiger partial charge in [-0.25, -0.2) is 9.97 Å². The van der Waals surface area contributed by atoms with E-state index >= 15 is 0 Å². The van der Waals surface area contributed by atoms with Crippen LogP contribution in [0.25, 0.3) is 0 Å². The molecule has 0 spiro atoms. The molecule has 132 valence electrons. The Balaban J connectivity index is 1.59. The van der Waals surface area contributed by atoms with E-state index < -0.39 is 0 Å². The van der Waals surface area contributed by atoms with Crippen molar-refractivity contribution in [1.82, 2.24) is 9.97 Å². The average molecular weight is 337 g/mol. The number of aromatic nitrogens is 2. The van der Waals surface area contributed by atoms with Crippen LogP contribution in [0.15, 0.2) is 42.7 Å². The highest BCUT2D eigenvalue weighted by Gasteiger charge is 2.56. The van der Waals surface area contributed by atoms with Crippen molar-refractivity contribution >= 4 is 5.95 Å². The van der Waals surface area contributed by atoms with Gasteiger partial charge in [0, 0.05) is 29.9 Å². The molecule has 0 aliphatic carbocycles. The Labute approximate surface area is 149 Å². The summed E-state index contributed by atoms with van der Waals surface area (Å²) in [7, 11) is 0. The highest BCUT2D eigenvalue weighted by Crippen LogP contribution is 2.52. The van der Waals surface area contributed by atoms with Gasteiger partial charge < -0.3 is 10.0 Å². The molecule has 2 aliphatic rings. The summed E-state index contributed by atoms with van der Waals surface area (Å²) < 4.78 is 0. The predicted octanol–water partition coefficient (Wildman–Crippen LogP) is 3.39. The molecule has 2 aromatic rings. The fourth-order valence-corrected chi connectivity index (χ4v) is 4.91. The van der Waals surface area contributed by atoms with Gasteiger partial charge in [0.15, 0.2) is 0 Å². The SMILES string of the molecule is CCCc1cnc(N2[C@@H]3CC[C@H]2[C@](CO)(Cc2ccccc2)C3)nc1. The first kappa shape index (κ1) is 16.5. The smallest absolute Gasteiger partial charge is 0.225 e. The molecule has 0 unspecified atom stereocenters. The van der Waals surface area contributed by atoms with Crippen LogP contribution in [0, 0.1) is 5.41 Å². The lowest BCUT2D eigenvalue weighted by atomic mass is 9.70. The van der Waals surface area contributed by atoms with Crippen molar-refractivity contribution in [2.45, 2.75) is 57.5 Å². The van der Waals surface area contributed by atoms with E-state index in [0.29, 0.717) is 12.1 Å². The zero-order valence-corrected chi connectivity index (χ0v) is 14.9. The summed E-state index contributed by atoms with van der Waals surface area (Å²) in [6, 6.07) is 11.3. The Bertz CT molecular complexity index is 703. The number of hydrogen-bond acceptors (Lipinski definition) is 4. The van der Waals surface area contributed by atoms with Crippen molar-refractivity contribution < 1.29 is 5.11 Å². The Morgan fingerprint density at radius 2 is 1.88 bits per heavy atom. The fraction of sp³-hybridized carbons (Fsp3) is 0.524. The molecule has 2 aliphatic heterocycles. The number of benzene rings is 1. The van der Waals surface area contributed by atoms with Crippen LogP contribution in [0.3, 0.4) is 0 Å². The monoisotopic (exact) mass is 337 g/mol. The van der Waals surface area contributed by atoms with Gasteiger partial charge in [0.1, 0.15) is 0 Å². The molecular formula is C21H27N3O. The fourth-order valence-electron chi connectivity index (χ4n) is 4.91. The van der Waals surface area contributed by atoms with E-state index in [4.69, 9.17) is 0 Å². The molecule has 4 rings (SSSR count). The Kier molecular flexibility index (Phi) is 4.46. The number of nitrogens with zero attached hydrogens (tertiary/aromatic N) is 3. The summed E-state index contributed by atoms with van der Waals surface area (Å²) in [5.41, 5.74) is 2.44. The molecule has 4 nitrogen and oxygen atoms in total. The molecule has 0 amide bonds. The number of fused-ring (bicyclic) bond motifs is 2. The molecule has 1 N–H and O–H groups in total. The Hall–Kier alpha value is -1.94. The number of aliphatic hydroxyl groups excluding tert-OH is 1. The second-order valence-electron chi connectivity index (χ2n) is 7.68. The molecule has 0 radical (unpaired) electrons. The molecule has 2 fully saturated rings. The van der Waals surface area contributed by atoms with Crippen molar-refractivity contribution in [2.24, 2.45) is 5.41 Å². The normalized spacial score (nSPS) is 27.8. The average Bonchev–Trinajstić information content (AvgIpc) is 3.20. The molecule has 0 saturated carbocycles. The summed E-state index contributed by atoms with van der Waals surface area (Å²) in [4.78, 5) is 11.7. The van der Waals surface area contributed by atoms with E-state index in [2.05, 4.69) is 46.1 Å². The molecule has 3 heterocycles. The first-order valence-electron chi connectivity index (χ1n) is 9.50. The first-order valence-corrected chi connectivity index (χ1v) is 9.50. The van der Waals surface area contributed by atoms with Gasteiger partial charge in [0.2, 0.25) is 5.95 Å². The summed E-state index contributed by atoms with van der Waals surface area (Å²) in [6.45, 7) is 2.40. The van der Waals surface area contributed by atoms with E-state index in [0.717, 1.165) is 38.1 Å². The van der Waals surface area contributed by atoms with Gasteiger partial charge >= 0.3 is 0 Å². The molecule has 2 bridgehead atoms. The first-order chi connectivity index (χ1) is 12.3. The zero-order valence-electron chi connectivity index (χ0n) is 14.9. The minimum atomic E-state index is -0.0737. The molecule has 2 saturated heterocycles. The van der Waals surface area contributed by atoms with Gasteiger partial charge in [-0.15, -0.1) is 0 Å². The van der Waals surface area contributed by atoms with Crippen LogP contribution < -0.4 is 4.90 Å². The summed E-state index contributed by atoms with van der Waals surface area (Å²) in [6.07, 6.45) is 10.4. The van der Waals surface area contributed by atoms with Gasteiger partial charge in [-0.3, -0.25) is 0 Å². The molecule has 4 heteroatoms. The zero-order chi connectivity index (χ0) is 17.3. The maximum atomic E-state index is 10.3. The minimum absolute atomic E-state index is 0.0737. The number of hydrogen-bond donors (Lipinski definition) is 1. The van der Waals surface area contributed by atoms with E-state index in [-0.39, 0.29) is 12.0 Å². The minimum Gasteiger partial charge on any atom is -0.396 e. The largest absolute Gasteiger partial charge is 0.396 e. The van der Waals surface area contributed by atoms with Crippen LogP contribution in [0.1, 0.15) is 43.7 Å². The lowest BCUT2D eigenvalue weighted by Crippen LogP contribution is -2.42. The topological polar surface area (TPSA) is 49.2 Å². The van der Waals surface area contributed by atoms with Crippen LogP contribution in [0.2, 0.25) is 0 Å². The molecule has 1 aromatic heterocycles. The summed E-state index contributed by atoms with van der Waals surface area (Å²) in [5, 5.41) is 10.3. The second-order valence-corrected chi connectivity index (χ2v) is 7.68. The van der Waals surface area contributed by atoms with Crippen LogP contribution in [-0.2, 0) is 12.8 Å². The highest BCUT2D eigenvalue weighted by atomic mass is 16.3. The van der Waals surface area contributed by atoms with Crippen molar-refractivity contribution in [3.05, 3.63) is 53.9 Å². The number of aryl methyl sites for hydroxylation is 1. The van der Waals surface area contributed by atoms with Crippen molar-refractivity contribution in [3.8, 4) is 0 Å². The van der Waals surface area contributed by atoms with E-state index in [1.165, 1.54) is 17.5 Å². The van der Waals surface area contributed by atoms with Crippen LogP contribution in [-0.4, -0.2) is 33.8 Å². The Morgan fingerprint density at radius 1 is 1.12 bits per heavy atom. The van der Waals surface area contributed by atoms with Gasteiger partial charge in [-0.05, 0) is 43.2 Å². The van der Waals surface area contributed by atoms with E-state index in [1.54, 1.807) is 0 Å².